The van der Waals surface area contributed by atoms with Crippen molar-refractivity contribution in [2.45, 2.75) is 18.7 Å². The van der Waals surface area contributed by atoms with E-state index in [1.807, 2.05) is 6.07 Å². The summed E-state index contributed by atoms with van der Waals surface area (Å²) in [5, 5.41) is 0. The number of benzene rings is 1. The van der Waals surface area contributed by atoms with Crippen molar-refractivity contribution in [1.29, 1.82) is 0 Å². The minimum absolute atomic E-state index is 0. The molecular formula is C13H20BrClN2O3S. The first-order valence-corrected chi connectivity index (χ1v) is 8.77. The highest BCUT2D eigenvalue weighted by Crippen LogP contribution is 2.14. The summed E-state index contributed by atoms with van der Waals surface area (Å²) in [7, 11) is -1.93. The molecule has 21 heavy (non-hydrogen) atoms. The van der Waals surface area contributed by atoms with Gasteiger partial charge in [0.2, 0.25) is 5.91 Å². The second-order valence-corrected chi connectivity index (χ2v) is 7.73. The lowest BCUT2D eigenvalue weighted by Gasteiger charge is -2.23. The SMILES string of the molecule is CC(CN)N(C)C(=O)CS(=O)(=O)Cc1cccc(Br)c1.Cl. The third kappa shape index (κ3) is 6.78. The second kappa shape index (κ2) is 8.73. The van der Waals surface area contributed by atoms with Crippen molar-refractivity contribution in [2.75, 3.05) is 19.3 Å². The number of carbonyl (C=O) groups is 1. The van der Waals surface area contributed by atoms with Gasteiger partial charge in [-0.1, -0.05) is 28.1 Å². The summed E-state index contributed by atoms with van der Waals surface area (Å²) in [6.07, 6.45) is 0. The summed E-state index contributed by atoms with van der Waals surface area (Å²) in [6, 6.07) is 6.86. The summed E-state index contributed by atoms with van der Waals surface area (Å²) >= 11 is 3.29. The molecule has 0 aromatic heterocycles. The number of nitrogens with two attached hydrogens (primary N) is 1. The minimum Gasteiger partial charge on any atom is -0.341 e. The topological polar surface area (TPSA) is 80.5 Å². The maximum Gasteiger partial charge on any atom is 0.237 e. The normalized spacial score (nSPS) is 12.4. The molecule has 0 aliphatic rings. The number of nitrogens with zero attached hydrogens (tertiary/aromatic N) is 1. The zero-order chi connectivity index (χ0) is 15.3. The maximum absolute atomic E-state index is 12.0. The van der Waals surface area contributed by atoms with Gasteiger partial charge >= 0.3 is 0 Å². The fourth-order valence-corrected chi connectivity index (χ4v) is 3.44. The maximum atomic E-state index is 12.0. The summed E-state index contributed by atoms with van der Waals surface area (Å²) in [5.74, 6) is -1.08. The Labute approximate surface area is 140 Å². The van der Waals surface area contributed by atoms with E-state index < -0.39 is 21.5 Å². The number of hydrogen-bond donors (Lipinski definition) is 1. The van der Waals surface area contributed by atoms with E-state index in [0.29, 0.717) is 12.1 Å². The summed E-state index contributed by atoms with van der Waals surface area (Å²) in [4.78, 5) is 13.3. The standard InChI is InChI=1S/C13H19BrN2O3S.ClH/c1-10(7-15)16(2)13(17)9-20(18,19)8-11-4-3-5-12(14)6-11;/h3-6,10H,7-9,15H2,1-2H3;1H. The van der Waals surface area contributed by atoms with E-state index >= 15 is 0 Å². The molecule has 0 saturated heterocycles. The number of hydrogen-bond acceptors (Lipinski definition) is 4. The molecule has 0 heterocycles. The van der Waals surface area contributed by atoms with Gasteiger partial charge in [0, 0.05) is 24.1 Å². The average Bonchev–Trinajstić information content (AvgIpc) is 2.35. The number of halogens is 2. The van der Waals surface area contributed by atoms with Crippen LogP contribution in [0.25, 0.3) is 0 Å². The quantitative estimate of drug-likeness (QED) is 0.788. The average molecular weight is 400 g/mol. The molecular weight excluding hydrogens is 380 g/mol. The molecule has 0 aliphatic heterocycles. The molecule has 0 bridgehead atoms. The molecule has 120 valence electrons. The molecule has 1 unspecified atom stereocenters. The Balaban J connectivity index is 0.00000400. The van der Waals surface area contributed by atoms with Crippen LogP contribution in [-0.2, 0) is 20.4 Å². The van der Waals surface area contributed by atoms with Crippen LogP contribution >= 0.6 is 28.3 Å². The number of rotatable bonds is 6. The lowest BCUT2D eigenvalue weighted by Crippen LogP contribution is -2.42. The van der Waals surface area contributed by atoms with Crippen LogP contribution in [0.5, 0.6) is 0 Å². The number of likely N-dealkylation sites (N-methyl/N-ethyl adjacent to an activating group) is 1. The zero-order valence-electron chi connectivity index (χ0n) is 12.0. The second-order valence-electron chi connectivity index (χ2n) is 4.75. The van der Waals surface area contributed by atoms with Gasteiger partial charge < -0.3 is 10.6 Å². The molecule has 1 aromatic carbocycles. The van der Waals surface area contributed by atoms with E-state index in [1.54, 1.807) is 32.2 Å². The van der Waals surface area contributed by atoms with E-state index in [1.165, 1.54) is 4.90 Å². The molecule has 0 saturated carbocycles. The van der Waals surface area contributed by atoms with Crippen LogP contribution in [-0.4, -0.2) is 44.6 Å². The third-order valence-corrected chi connectivity index (χ3v) is 4.97. The first-order valence-electron chi connectivity index (χ1n) is 6.16. The predicted molar refractivity (Wildman–Crippen MR) is 90.2 cm³/mol. The van der Waals surface area contributed by atoms with Crippen LogP contribution in [0.4, 0.5) is 0 Å². The Hall–Kier alpha value is -0.630. The fraction of sp³-hybridized carbons (Fsp3) is 0.462. The molecule has 1 aromatic rings. The Morgan fingerprint density at radius 1 is 1.43 bits per heavy atom. The number of carbonyl (C=O) groups excluding carboxylic acids is 1. The van der Waals surface area contributed by atoms with E-state index in [0.717, 1.165) is 4.47 Å². The summed E-state index contributed by atoms with van der Waals surface area (Å²) in [6.45, 7) is 2.08. The van der Waals surface area contributed by atoms with Gasteiger partial charge in [-0.25, -0.2) is 8.42 Å². The first kappa shape index (κ1) is 20.4. The molecule has 5 nitrogen and oxygen atoms in total. The van der Waals surface area contributed by atoms with Gasteiger partial charge in [-0.05, 0) is 24.6 Å². The van der Waals surface area contributed by atoms with E-state index in [9.17, 15) is 13.2 Å². The Morgan fingerprint density at radius 2 is 2.05 bits per heavy atom. The number of amides is 1. The highest BCUT2D eigenvalue weighted by Gasteiger charge is 2.22. The van der Waals surface area contributed by atoms with E-state index in [2.05, 4.69) is 15.9 Å². The predicted octanol–water partition coefficient (Wildman–Crippen LogP) is 1.59. The zero-order valence-corrected chi connectivity index (χ0v) is 15.2. The Bertz CT molecular complexity index is 581. The van der Waals surface area contributed by atoms with Crippen LogP contribution in [0.1, 0.15) is 12.5 Å². The highest BCUT2D eigenvalue weighted by molar-refractivity contribution is 9.10. The van der Waals surface area contributed by atoms with Crippen molar-refractivity contribution in [1.82, 2.24) is 4.90 Å². The number of sulfone groups is 1. The molecule has 0 spiro atoms. The third-order valence-electron chi connectivity index (χ3n) is 3.01. The highest BCUT2D eigenvalue weighted by atomic mass is 79.9. The molecule has 2 N–H and O–H groups in total. The summed E-state index contributed by atoms with van der Waals surface area (Å²) < 4.78 is 24.9. The van der Waals surface area contributed by atoms with Crippen molar-refractivity contribution in [3.8, 4) is 0 Å². The molecule has 0 radical (unpaired) electrons. The Morgan fingerprint density at radius 3 is 2.57 bits per heavy atom. The van der Waals surface area contributed by atoms with Gasteiger partial charge in [-0.2, -0.15) is 0 Å². The van der Waals surface area contributed by atoms with Gasteiger partial charge in [-0.3, -0.25) is 4.79 Å². The Kier molecular flexibility index (Phi) is 8.46. The lowest BCUT2D eigenvalue weighted by atomic mass is 10.2. The van der Waals surface area contributed by atoms with Gasteiger partial charge in [0.1, 0.15) is 5.75 Å². The van der Waals surface area contributed by atoms with Gasteiger partial charge in [0.25, 0.3) is 0 Å². The molecule has 8 heteroatoms. The summed E-state index contributed by atoms with van der Waals surface area (Å²) in [5.41, 5.74) is 6.12. The van der Waals surface area contributed by atoms with E-state index in [4.69, 9.17) is 5.73 Å². The van der Waals surface area contributed by atoms with Crippen molar-refractivity contribution in [3.63, 3.8) is 0 Å². The van der Waals surface area contributed by atoms with Crippen LogP contribution < -0.4 is 5.73 Å². The van der Waals surface area contributed by atoms with Crippen LogP contribution in [0.15, 0.2) is 28.7 Å². The molecule has 0 aliphatic carbocycles. The molecule has 1 atom stereocenters. The van der Waals surface area contributed by atoms with Crippen molar-refractivity contribution >= 4 is 44.1 Å². The fourth-order valence-electron chi connectivity index (χ4n) is 1.63. The van der Waals surface area contributed by atoms with Crippen molar-refractivity contribution < 1.29 is 13.2 Å². The lowest BCUT2D eigenvalue weighted by molar-refractivity contribution is -0.128. The van der Waals surface area contributed by atoms with Gasteiger partial charge in [-0.15, -0.1) is 12.4 Å². The van der Waals surface area contributed by atoms with E-state index in [-0.39, 0.29) is 24.2 Å². The molecule has 1 amide bonds. The van der Waals surface area contributed by atoms with Gasteiger partial charge in [0.15, 0.2) is 9.84 Å². The minimum atomic E-state index is -3.49. The largest absolute Gasteiger partial charge is 0.341 e. The smallest absolute Gasteiger partial charge is 0.237 e. The van der Waals surface area contributed by atoms with Crippen LogP contribution in [0.2, 0.25) is 0 Å². The van der Waals surface area contributed by atoms with Crippen molar-refractivity contribution in [3.05, 3.63) is 34.3 Å². The monoisotopic (exact) mass is 398 g/mol. The van der Waals surface area contributed by atoms with Crippen LogP contribution in [0, 0.1) is 0 Å². The van der Waals surface area contributed by atoms with Crippen LogP contribution in [0.3, 0.4) is 0 Å². The molecule has 1 rings (SSSR count). The van der Waals surface area contributed by atoms with Crippen molar-refractivity contribution in [2.24, 2.45) is 5.73 Å². The van der Waals surface area contributed by atoms with Gasteiger partial charge in [0.05, 0.1) is 5.75 Å². The molecule has 0 fully saturated rings. The first-order chi connectivity index (χ1) is 9.25.